The first kappa shape index (κ1) is 37.8. The van der Waals surface area contributed by atoms with E-state index in [1.807, 2.05) is 0 Å². The van der Waals surface area contributed by atoms with E-state index in [9.17, 15) is 39.6 Å². The molecule has 4 aromatic rings. The normalized spacial score (nSPS) is 9.07. The first-order valence-corrected chi connectivity index (χ1v) is 12.2. The third-order valence-electron chi connectivity index (χ3n) is 4.24. The Morgan fingerprint density at radius 2 is 0.561 bits per heavy atom. The maximum atomic E-state index is 10.2. The van der Waals surface area contributed by atoms with Gasteiger partial charge in [-0.25, -0.2) is 0 Å². The number of carbonyl (C=O) groups excluding carboxylic acids is 4. The third-order valence-corrected chi connectivity index (χ3v) is 5.18. The van der Waals surface area contributed by atoms with Crippen molar-refractivity contribution >= 4 is 97.6 Å². The van der Waals surface area contributed by atoms with E-state index in [4.69, 9.17) is 46.4 Å². The number of hydrogen-bond acceptors (Lipinski definition) is 8. The van der Waals surface area contributed by atoms with Crippen molar-refractivity contribution in [3.8, 4) is 0 Å². The molecule has 0 saturated heterocycles. The first-order chi connectivity index (χ1) is 18.8. The minimum atomic E-state index is -1.21. The maximum Gasteiger partial charge on any atom is 0.0715 e. The third kappa shape index (κ3) is 16.0. The zero-order valence-electron chi connectivity index (χ0n) is 20.5. The molecule has 0 spiro atoms. The molecule has 4 rings (SSSR count). The van der Waals surface area contributed by atoms with Crippen molar-refractivity contribution in [3.63, 3.8) is 0 Å². The Balaban J connectivity index is 0.000000516. The predicted octanol–water partition coefficient (Wildman–Crippen LogP) is 2.43. The number of carboxylic acid groups (broad SMARTS) is 4. The Labute approximate surface area is 274 Å². The molecule has 0 N–H and O–H groups in total. The second kappa shape index (κ2) is 19.8. The summed E-state index contributed by atoms with van der Waals surface area (Å²) in [5, 5.41) is 42.4. The van der Waals surface area contributed by atoms with E-state index in [-0.39, 0.29) is 49.6 Å². The van der Waals surface area contributed by atoms with Crippen LogP contribution in [0.4, 0.5) is 0 Å². The summed E-state index contributed by atoms with van der Waals surface area (Å²) in [7, 11) is 0. The van der Waals surface area contributed by atoms with Crippen LogP contribution in [0.25, 0.3) is 0 Å². The number of halogens is 4. The average Bonchev–Trinajstić information content (AvgIpc) is 2.90. The predicted molar refractivity (Wildman–Crippen MR) is 149 cm³/mol. The standard InChI is InChI=1S/4C7H5ClO2.Pb/c4*8-6-3-1-2-5(4-6)7(9)10;/h4*1-4H,(H,9,10);/p-4. The van der Waals surface area contributed by atoms with E-state index in [0.29, 0.717) is 20.1 Å². The molecular weight excluding hydrogens is 813 g/mol. The van der Waals surface area contributed by atoms with Gasteiger partial charge >= 0.3 is 0 Å². The van der Waals surface area contributed by atoms with E-state index in [2.05, 4.69) is 0 Å². The van der Waals surface area contributed by atoms with Crippen LogP contribution in [0.2, 0.25) is 20.1 Å². The Hall–Kier alpha value is -3.16. The van der Waals surface area contributed by atoms with Gasteiger partial charge in [0.15, 0.2) is 0 Å². The largest absolute Gasteiger partial charge is 0.545 e. The van der Waals surface area contributed by atoms with Gasteiger partial charge in [0.25, 0.3) is 0 Å². The van der Waals surface area contributed by atoms with E-state index in [1.165, 1.54) is 48.5 Å². The Morgan fingerprint density at radius 1 is 0.390 bits per heavy atom. The molecule has 0 heterocycles. The van der Waals surface area contributed by atoms with Gasteiger partial charge in [-0.05, 0) is 70.8 Å². The molecule has 0 aliphatic heterocycles. The SMILES string of the molecule is O=C([O-])c1cccc(Cl)c1.O=C([O-])c1cccc(Cl)c1.O=C([O-])c1cccc(Cl)c1.O=C([O-])c1cccc(Cl)c1.[Pb]. The second-order valence-electron chi connectivity index (χ2n) is 7.19. The van der Waals surface area contributed by atoms with Crippen LogP contribution in [0.3, 0.4) is 0 Å². The fourth-order valence-electron chi connectivity index (χ4n) is 2.46. The number of hydrogen-bond donors (Lipinski definition) is 0. The molecule has 0 aliphatic rings. The molecule has 0 bridgehead atoms. The fraction of sp³-hybridized carbons (Fsp3) is 0. The van der Waals surface area contributed by atoms with Crippen molar-refractivity contribution in [2.45, 2.75) is 0 Å². The molecule has 4 radical (unpaired) electrons. The van der Waals surface area contributed by atoms with Crippen LogP contribution >= 0.6 is 46.4 Å². The minimum Gasteiger partial charge on any atom is -0.545 e. The van der Waals surface area contributed by atoms with E-state index in [1.54, 1.807) is 48.5 Å². The molecule has 41 heavy (non-hydrogen) atoms. The van der Waals surface area contributed by atoms with Crippen molar-refractivity contribution < 1.29 is 39.6 Å². The van der Waals surface area contributed by atoms with Crippen LogP contribution in [0, 0.1) is 0 Å². The van der Waals surface area contributed by atoms with Crippen LogP contribution in [0.15, 0.2) is 97.1 Å². The van der Waals surface area contributed by atoms with Crippen LogP contribution in [-0.4, -0.2) is 51.2 Å². The topological polar surface area (TPSA) is 161 Å². The summed E-state index contributed by atoms with van der Waals surface area (Å²) in [6.07, 6.45) is 0. The monoisotopic (exact) mass is 828 g/mol. The van der Waals surface area contributed by atoms with Crippen LogP contribution in [-0.2, 0) is 0 Å². The summed E-state index contributed by atoms with van der Waals surface area (Å²) < 4.78 is 0. The molecule has 0 amide bonds. The second-order valence-corrected chi connectivity index (χ2v) is 8.94. The molecule has 0 unspecified atom stereocenters. The van der Waals surface area contributed by atoms with Crippen LogP contribution in [0.5, 0.6) is 0 Å². The molecular formula is C28H16Cl4O8Pb-4. The van der Waals surface area contributed by atoms with Gasteiger partial charge in [-0.3, -0.25) is 0 Å². The Kier molecular flexibility index (Phi) is 18.3. The molecule has 212 valence electrons. The van der Waals surface area contributed by atoms with Crippen molar-refractivity contribution in [2.75, 3.05) is 0 Å². The minimum absolute atomic E-state index is 0. The van der Waals surface area contributed by atoms with Crippen molar-refractivity contribution in [1.29, 1.82) is 0 Å². The van der Waals surface area contributed by atoms with Crippen LogP contribution < -0.4 is 20.4 Å². The summed E-state index contributed by atoms with van der Waals surface area (Å²) in [5.74, 6) is -4.82. The maximum absolute atomic E-state index is 10.2. The Bertz CT molecular complexity index is 1260. The van der Waals surface area contributed by atoms with E-state index < -0.39 is 23.9 Å². The van der Waals surface area contributed by atoms with E-state index >= 15 is 0 Å². The van der Waals surface area contributed by atoms with Gasteiger partial charge < -0.3 is 39.6 Å². The van der Waals surface area contributed by atoms with Gasteiger partial charge in [0, 0.05) is 47.4 Å². The van der Waals surface area contributed by atoms with Crippen molar-refractivity contribution in [2.24, 2.45) is 0 Å². The van der Waals surface area contributed by atoms with Gasteiger partial charge in [-0.2, -0.15) is 0 Å². The quantitative estimate of drug-likeness (QED) is 0.284. The Morgan fingerprint density at radius 3 is 0.659 bits per heavy atom. The smallest absolute Gasteiger partial charge is 0.0715 e. The zero-order chi connectivity index (χ0) is 30.2. The van der Waals surface area contributed by atoms with Gasteiger partial charge in [0.1, 0.15) is 0 Å². The fourth-order valence-corrected chi connectivity index (χ4v) is 3.22. The van der Waals surface area contributed by atoms with Crippen molar-refractivity contribution in [1.82, 2.24) is 0 Å². The summed E-state index contributed by atoms with van der Waals surface area (Å²) >= 11 is 22.0. The molecule has 0 aromatic heterocycles. The number of rotatable bonds is 4. The summed E-state index contributed by atoms with van der Waals surface area (Å²) in [6, 6.07) is 23.8. The summed E-state index contributed by atoms with van der Waals surface area (Å²) in [4.78, 5) is 40.7. The average molecular weight is 829 g/mol. The first-order valence-electron chi connectivity index (χ1n) is 10.7. The molecule has 0 saturated carbocycles. The van der Waals surface area contributed by atoms with E-state index in [0.717, 1.165) is 0 Å². The molecule has 8 nitrogen and oxygen atoms in total. The van der Waals surface area contributed by atoms with Gasteiger partial charge in [0.2, 0.25) is 0 Å². The zero-order valence-corrected chi connectivity index (χ0v) is 27.4. The molecule has 0 aliphatic carbocycles. The van der Waals surface area contributed by atoms with Gasteiger partial charge in [-0.15, -0.1) is 0 Å². The molecule has 4 aromatic carbocycles. The van der Waals surface area contributed by atoms with Gasteiger partial charge in [0.05, 0.1) is 23.9 Å². The number of carbonyl (C=O) groups is 4. The van der Waals surface area contributed by atoms with Crippen molar-refractivity contribution in [3.05, 3.63) is 139 Å². The van der Waals surface area contributed by atoms with Crippen LogP contribution in [0.1, 0.15) is 41.4 Å². The number of carboxylic acids is 4. The summed E-state index contributed by atoms with van der Waals surface area (Å²) in [6.45, 7) is 0. The molecule has 0 atom stereocenters. The number of benzene rings is 4. The number of aromatic carboxylic acids is 4. The van der Waals surface area contributed by atoms with Gasteiger partial charge in [-0.1, -0.05) is 94.9 Å². The summed E-state index contributed by atoms with van der Waals surface area (Å²) in [5.41, 5.74) is 0.417. The molecule has 0 fully saturated rings. The molecule has 13 heteroatoms.